The predicted octanol–water partition coefficient (Wildman–Crippen LogP) is 2.50. The van der Waals surface area contributed by atoms with Crippen molar-refractivity contribution in [2.45, 2.75) is 46.0 Å². The highest BCUT2D eigenvalue weighted by atomic mass is 32.1. The van der Waals surface area contributed by atoms with Gasteiger partial charge in [-0.25, -0.2) is 0 Å². The van der Waals surface area contributed by atoms with Crippen molar-refractivity contribution in [1.29, 1.82) is 0 Å². The lowest BCUT2D eigenvalue weighted by Gasteiger charge is -2.27. The van der Waals surface area contributed by atoms with Crippen LogP contribution in [0, 0.1) is 13.8 Å². The Kier molecular flexibility index (Phi) is 4.69. The second kappa shape index (κ2) is 6.28. The van der Waals surface area contributed by atoms with E-state index in [1.807, 2.05) is 13.8 Å². The van der Waals surface area contributed by atoms with E-state index < -0.39 is 0 Å². The molecule has 0 spiro atoms. The Morgan fingerprint density at radius 3 is 2.21 bits per heavy atom. The van der Waals surface area contributed by atoms with E-state index in [0.717, 1.165) is 35.7 Å². The van der Waals surface area contributed by atoms with Gasteiger partial charge in [-0.2, -0.15) is 5.10 Å². The molecule has 0 bridgehead atoms. The highest BCUT2D eigenvalue weighted by Gasteiger charge is 2.19. The van der Waals surface area contributed by atoms with Crippen LogP contribution >= 0.6 is 12.2 Å². The minimum Gasteiger partial charge on any atom is -0.389 e. The van der Waals surface area contributed by atoms with Gasteiger partial charge in [-0.05, 0) is 32.3 Å². The third kappa shape index (κ3) is 3.21. The molecule has 1 aliphatic rings. The molecule has 5 heteroatoms. The van der Waals surface area contributed by atoms with Gasteiger partial charge in [0, 0.05) is 13.1 Å². The smallest absolute Gasteiger partial charge is 0.161 e. The Morgan fingerprint density at radius 2 is 1.63 bits per heavy atom. The van der Waals surface area contributed by atoms with Gasteiger partial charge in [-0.15, -0.1) is 5.10 Å². The quantitative estimate of drug-likeness (QED) is 0.842. The molecule has 104 valence electrons. The number of rotatable bonds is 2. The number of nitrogens with zero attached hydrogens (tertiary/aromatic N) is 3. The number of aryl methyl sites for hydroxylation is 1. The van der Waals surface area contributed by atoms with Crippen molar-refractivity contribution in [2.24, 2.45) is 5.73 Å². The second-order valence-corrected chi connectivity index (χ2v) is 5.67. The van der Waals surface area contributed by atoms with Gasteiger partial charge in [0.25, 0.3) is 0 Å². The fourth-order valence-corrected chi connectivity index (χ4v) is 2.82. The molecule has 1 saturated heterocycles. The molecule has 0 radical (unpaired) electrons. The number of thiocarbonyl (C=S) groups is 1. The van der Waals surface area contributed by atoms with Crippen LogP contribution in [-0.2, 0) is 0 Å². The molecule has 0 unspecified atom stereocenters. The SMILES string of the molecule is Cc1nnc(N2CCCCCCC2)c(C(N)=S)c1C. The lowest BCUT2D eigenvalue weighted by molar-refractivity contribution is 0.552. The predicted molar refractivity (Wildman–Crippen MR) is 82.7 cm³/mol. The summed E-state index contributed by atoms with van der Waals surface area (Å²) in [5.41, 5.74) is 8.76. The Balaban J connectivity index is 2.36. The molecule has 1 fully saturated rings. The summed E-state index contributed by atoms with van der Waals surface area (Å²) < 4.78 is 0. The van der Waals surface area contributed by atoms with Crippen LogP contribution in [0.2, 0.25) is 0 Å². The number of hydrogen-bond donors (Lipinski definition) is 1. The van der Waals surface area contributed by atoms with E-state index >= 15 is 0 Å². The van der Waals surface area contributed by atoms with Crippen molar-refractivity contribution >= 4 is 23.0 Å². The van der Waals surface area contributed by atoms with Gasteiger partial charge in [0.2, 0.25) is 0 Å². The van der Waals surface area contributed by atoms with Crippen molar-refractivity contribution in [1.82, 2.24) is 10.2 Å². The first-order valence-corrected chi connectivity index (χ1v) is 7.40. The number of nitrogens with two attached hydrogens (primary N) is 1. The largest absolute Gasteiger partial charge is 0.389 e. The maximum absolute atomic E-state index is 5.90. The second-order valence-electron chi connectivity index (χ2n) is 5.23. The van der Waals surface area contributed by atoms with Gasteiger partial charge >= 0.3 is 0 Å². The van der Waals surface area contributed by atoms with Gasteiger partial charge < -0.3 is 10.6 Å². The summed E-state index contributed by atoms with van der Waals surface area (Å²) in [6.45, 7) is 6.01. The van der Waals surface area contributed by atoms with Crippen LogP contribution in [0.5, 0.6) is 0 Å². The third-order valence-corrected chi connectivity index (χ3v) is 4.04. The van der Waals surface area contributed by atoms with Gasteiger partial charge in [0.15, 0.2) is 5.82 Å². The molecule has 4 nitrogen and oxygen atoms in total. The zero-order valence-corrected chi connectivity index (χ0v) is 12.6. The maximum Gasteiger partial charge on any atom is 0.161 e. The minimum atomic E-state index is 0.424. The molecule has 1 aromatic heterocycles. The van der Waals surface area contributed by atoms with E-state index in [9.17, 15) is 0 Å². The molecule has 0 amide bonds. The van der Waals surface area contributed by atoms with Crippen molar-refractivity contribution in [3.8, 4) is 0 Å². The Hall–Kier alpha value is -1.23. The first-order chi connectivity index (χ1) is 9.11. The minimum absolute atomic E-state index is 0.424. The summed E-state index contributed by atoms with van der Waals surface area (Å²) in [7, 11) is 0. The summed E-state index contributed by atoms with van der Waals surface area (Å²) in [5, 5.41) is 8.61. The molecule has 2 heterocycles. The van der Waals surface area contributed by atoms with E-state index in [1.54, 1.807) is 0 Å². The van der Waals surface area contributed by atoms with E-state index in [0.29, 0.717) is 4.99 Å². The first-order valence-electron chi connectivity index (χ1n) is 7.00. The van der Waals surface area contributed by atoms with Gasteiger partial charge in [0.05, 0.1) is 11.3 Å². The van der Waals surface area contributed by atoms with Crippen molar-refractivity contribution in [2.75, 3.05) is 18.0 Å². The zero-order chi connectivity index (χ0) is 13.8. The fraction of sp³-hybridized carbons (Fsp3) is 0.643. The van der Waals surface area contributed by atoms with Gasteiger partial charge in [0.1, 0.15) is 4.99 Å². The molecule has 1 aliphatic heterocycles. The molecule has 0 aliphatic carbocycles. The van der Waals surface area contributed by atoms with Crippen LogP contribution in [0.15, 0.2) is 0 Å². The molecule has 2 rings (SSSR count). The number of anilines is 1. The number of aromatic nitrogens is 2. The fourth-order valence-electron chi connectivity index (χ4n) is 2.57. The Labute approximate surface area is 120 Å². The van der Waals surface area contributed by atoms with Crippen molar-refractivity contribution < 1.29 is 0 Å². The van der Waals surface area contributed by atoms with Gasteiger partial charge in [-0.3, -0.25) is 0 Å². The Bertz CT molecular complexity index is 465. The van der Waals surface area contributed by atoms with Crippen LogP contribution in [0.25, 0.3) is 0 Å². The monoisotopic (exact) mass is 278 g/mol. The summed E-state index contributed by atoms with van der Waals surface area (Å²) in [6.07, 6.45) is 6.32. The third-order valence-electron chi connectivity index (χ3n) is 3.84. The lowest BCUT2D eigenvalue weighted by Crippen LogP contribution is -2.31. The normalized spacial score (nSPS) is 16.8. The Morgan fingerprint density at radius 1 is 1.05 bits per heavy atom. The zero-order valence-electron chi connectivity index (χ0n) is 11.8. The van der Waals surface area contributed by atoms with Crippen LogP contribution in [-0.4, -0.2) is 28.3 Å². The summed E-state index contributed by atoms with van der Waals surface area (Å²) in [4.78, 5) is 2.72. The van der Waals surface area contributed by atoms with Crippen LogP contribution < -0.4 is 10.6 Å². The van der Waals surface area contributed by atoms with Crippen LogP contribution in [0.3, 0.4) is 0 Å². The average molecular weight is 278 g/mol. The van der Waals surface area contributed by atoms with Crippen LogP contribution in [0.1, 0.15) is 48.9 Å². The van der Waals surface area contributed by atoms with Crippen molar-refractivity contribution in [3.63, 3.8) is 0 Å². The van der Waals surface area contributed by atoms with Crippen molar-refractivity contribution in [3.05, 3.63) is 16.8 Å². The molecule has 1 aromatic rings. The first kappa shape index (κ1) is 14.2. The lowest BCUT2D eigenvalue weighted by atomic mass is 10.1. The summed E-state index contributed by atoms with van der Waals surface area (Å²) in [6, 6.07) is 0. The van der Waals surface area contributed by atoms with Crippen LogP contribution in [0.4, 0.5) is 5.82 Å². The maximum atomic E-state index is 5.90. The van der Waals surface area contributed by atoms with E-state index in [1.165, 1.54) is 32.1 Å². The number of hydrogen-bond acceptors (Lipinski definition) is 4. The molecular weight excluding hydrogens is 256 g/mol. The molecule has 0 atom stereocenters. The van der Waals surface area contributed by atoms with Gasteiger partial charge in [-0.1, -0.05) is 31.5 Å². The van der Waals surface area contributed by atoms with E-state index in [4.69, 9.17) is 18.0 Å². The van der Waals surface area contributed by atoms with E-state index in [2.05, 4.69) is 15.1 Å². The topological polar surface area (TPSA) is 55.0 Å². The summed E-state index contributed by atoms with van der Waals surface area (Å²) >= 11 is 5.21. The standard InChI is InChI=1S/C14H22N4S/c1-10-11(2)16-17-14(12(10)13(15)19)18-8-6-4-3-5-7-9-18/h3-9H2,1-2H3,(H2,15,19). The molecule has 0 aromatic carbocycles. The highest BCUT2D eigenvalue weighted by molar-refractivity contribution is 7.80. The molecular formula is C14H22N4S. The molecule has 2 N–H and O–H groups in total. The molecule has 0 saturated carbocycles. The summed E-state index contributed by atoms with van der Waals surface area (Å²) in [5.74, 6) is 0.873. The highest BCUT2D eigenvalue weighted by Crippen LogP contribution is 2.24. The van der Waals surface area contributed by atoms with E-state index in [-0.39, 0.29) is 0 Å². The molecule has 19 heavy (non-hydrogen) atoms. The average Bonchev–Trinajstić information content (AvgIpc) is 2.32.